The van der Waals surface area contributed by atoms with Crippen molar-refractivity contribution in [3.63, 3.8) is 0 Å². The highest BCUT2D eigenvalue weighted by Gasteiger charge is 2.21. The van der Waals surface area contributed by atoms with Crippen molar-refractivity contribution in [3.05, 3.63) is 60.2 Å². The number of para-hydroxylation sites is 2. The van der Waals surface area contributed by atoms with Gasteiger partial charge >= 0.3 is 0 Å². The Morgan fingerprint density at radius 2 is 1.92 bits per heavy atom. The fourth-order valence-corrected chi connectivity index (χ4v) is 3.17. The van der Waals surface area contributed by atoms with Gasteiger partial charge in [0.2, 0.25) is 5.91 Å². The molecule has 0 bridgehead atoms. The van der Waals surface area contributed by atoms with E-state index >= 15 is 0 Å². The van der Waals surface area contributed by atoms with Crippen molar-refractivity contribution >= 4 is 17.3 Å². The molecule has 0 spiro atoms. The molecule has 24 heavy (non-hydrogen) atoms. The molecule has 3 rings (SSSR count). The third kappa shape index (κ3) is 4.15. The first-order valence-electron chi connectivity index (χ1n) is 8.60. The summed E-state index contributed by atoms with van der Waals surface area (Å²) in [5, 5.41) is 6.43. The second-order valence-electron chi connectivity index (χ2n) is 6.39. The van der Waals surface area contributed by atoms with Gasteiger partial charge in [-0.3, -0.25) is 4.79 Å². The third-order valence-electron chi connectivity index (χ3n) is 4.50. The Labute approximate surface area is 143 Å². The maximum absolute atomic E-state index is 12.5. The largest absolute Gasteiger partial charge is 0.369 e. The van der Waals surface area contributed by atoms with Gasteiger partial charge in [-0.15, -0.1) is 0 Å². The highest BCUT2D eigenvalue weighted by Crippen LogP contribution is 2.27. The van der Waals surface area contributed by atoms with E-state index in [1.807, 2.05) is 36.4 Å². The molecule has 4 heteroatoms. The number of hydrogen-bond acceptors (Lipinski definition) is 3. The average molecular weight is 323 g/mol. The SMILES string of the molecule is CN(Cc1ccccc1)c1ccccc1NC(=O)C1CCCNC1. The Balaban J connectivity index is 1.71. The lowest BCUT2D eigenvalue weighted by Crippen LogP contribution is -2.37. The predicted octanol–water partition coefficient (Wildman–Crippen LogP) is 3.26. The number of piperidine rings is 1. The summed E-state index contributed by atoms with van der Waals surface area (Å²) in [5.74, 6) is 0.175. The molecule has 1 amide bonds. The van der Waals surface area contributed by atoms with Crippen LogP contribution in [-0.2, 0) is 11.3 Å². The second-order valence-corrected chi connectivity index (χ2v) is 6.39. The van der Waals surface area contributed by atoms with Gasteiger partial charge in [-0.2, -0.15) is 0 Å². The van der Waals surface area contributed by atoms with Crippen LogP contribution in [0.25, 0.3) is 0 Å². The fourth-order valence-electron chi connectivity index (χ4n) is 3.17. The number of amides is 1. The molecule has 1 unspecified atom stereocenters. The van der Waals surface area contributed by atoms with Crippen LogP contribution in [0, 0.1) is 5.92 Å². The molecule has 1 atom stereocenters. The number of nitrogens with zero attached hydrogens (tertiary/aromatic N) is 1. The normalized spacial score (nSPS) is 17.3. The van der Waals surface area contributed by atoms with Gasteiger partial charge in [-0.05, 0) is 37.1 Å². The standard InChI is InChI=1S/C20H25N3O/c1-23(15-16-8-3-2-4-9-16)19-12-6-5-11-18(19)22-20(24)17-10-7-13-21-14-17/h2-6,8-9,11-12,17,21H,7,10,13-15H2,1H3,(H,22,24). The molecule has 2 aromatic carbocycles. The molecule has 4 nitrogen and oxygen atoms in total. The van der Waals surface area contributed by atoms with Gasteiger partial charge in [-0.25, -0.2) is 0 Å². The van der Waals surface area contributed by atoms with Gasteiger partial charge in [0.25, 0.3) is 0 Å². The predicted molar refractivity (Wildman–Crippen MR) is 99.2 cm³/mol. The Hall–Kier alpha value is -2.33. The summed E-state index contributed by atoms with van der Waals surface area (Å²) in [4.78, 5) is 14.7. The van der Waals surface area contributed by atoms with E-state index in [4.69, 9.17) is 0 Å². The number of nitrogens with one attached hydrogen (secondary N) is 2. The van der Waals surface area contributed by atoms with Crippen molar-refractivity contribution in [2.75, 3.05) is 30.4 Å². The summed E-state index contributed by atoms with van der Waals surface area (Å²) in [5.41, 5.74) is 3.17. The van der Waals surface area contributed by atoms with Gasteiger partial charge < -0.3 is 15.5 Å². The Kier molecular flexibility index (Phi) is 5.49. The zero-order valence-electron chi connectivity index (χ0n) is 14.2. The van der Waals surface area contributed by atoms with Crippen LogP contribution in [0.2, 0.25) is 0 Å². The highest BCUT2D eigenvalue weighted by atomic mass is 16.1. The van der Waals surface area contributed by atoms with Gasteiger partial charge in [0.15, 0.2) is 0 Å². The third-order valence-corrected chi connectivity index (χ3v) is 4.50. The molecule has 1 aliphatic rings. The lowest BCUT2D eigenvalue weighted by Gasteiger charge is -2.25. The van der Waals surface area contributed by atoms with E-state index in [1.165, 1.54) is 5.56 Å². The summed E-state index contributed by atoms with van der Waals surface area (Å²) in [6.07, 6.45) is 2.02. The highest BCUT2D eigenvalue weighted by molar-refractivity contribution is 5.96. The molecule has 1 saturated heterocycles. The van der Waals surface area contributed by atoms with Gasteiger partial charge in [0.1, 0.15) is 0 Å². The number of carbonyl (C=O) groups excluding carboxylic acids is 1. The topological polar surface area (TPSA) is 44.4 Å². The van der Waals surface area contributed by atoms with E-state index in [2.05, 4.69) is 40.8 Å². The monoisotopic (exact) mass is 323 g/mol. The number of rotatable bonds is 5. The molecule has 2 N–H and O–H groups in total. The van der Waals surface area contributed by atoms with Crippen LogP contribution in [0.5, 0.6) is 0 Å². The van der Waals surface area contributed by atoms with Crippen molar-refractivity contribution in [1.29, 1.82) is 0 Å². The number of hydrogen-bond donors (Lipinski definition) is 2. The summed E-state index contributed by atoms with van der Waals surface area (Å²) < 4.78 is 0. The molecule has 0 saturated carbocycles. The molecule has 126 valence electrons. The maximum Gasteiger partial charge on any atom is 0.228 e. The van der Waals surface area contributed by atoms with Crippen molar-refractivity contribution < 1.29 is 4.79 Å². The second kappa shape index (κ2) is 7.97. The smallest absolute Gasteiger partial charge is 0.228 e. The Bertz CT molecular complexity index is 666. The fraction of sp³-hybridized carbons (Fsp3) is 0.350. The van der Waals surface area contributed by atoms with E-state index in [1.54, 1.807) is 0 Å². The maximum atomic E-state index is 12.5. The van der Waals surface area contributed by atoms with Crippen LogP contribution < -0.4 is 15.5 Å². The van der Waals surface area contributed by atoms with Crippen molar-refractivity contribution in [2.24, 2.45) is 5.92 Å². The molecule has 0 aromatic heterocycles. The van der Waals surface area contributed by atoms with E-state index < -0.39 is 0 Å². The van der Waals surface area contributed by atoms with Crippen LogP contribution in [0.3, 0.4) is 0 Å². The minimum absolute atomic E-state index is 0.0613. The van der Waals surface area contributed by atoms with E-state index in [0.29, 0.717) is 0 Å². The summed E-state index contributed by atoms with van der Waals surface area (Å²) >= 11 is 0. The van der Waals surface area contributed by atoms with Crippen molar-refractivity contribution in [2.45, 2.75) is 19.4 Å². The van der Waals surface area contributed by atoms with Gasteiger partial charge in [-0.1, -0.05) is 42.5 Å². The van der Waals surface area contributed by atoms with Gasteiger partial charge in [0, 0.05) is 20.1 Å². The van der Waals surface area contributed by atoms with Crippen molar-refractivity contribution in [1.82, 2.24) is 5.32 Å². The molecule has 2 aromatic rings. The van der Waals surface area contributed by atoms with Crippen molar-refractivity contribution in [3.8, 4) is 0 Å². The summed E-state index contributed by atoms with van der Waals surface area (Å²) in [6, 6.07) is 18.4. The molecular weight excluding hydrogens is 298 g/mol. The molecule has 1 aliphatic heterocycles. The number of carbonyl (C=O) groups is 1. The van der Waals surface area contributed by atoms with E-state index in [-0.39, 0.29) is 11.8 Å². The van der Waals surface area contributed by atoms with Crippen LogP contribution in [0.15, 0.2) is 54.6 Å². The van der Waals surface area contributed by atoms with E-state index in [9.17, 15) is 4.79 Å². The first kappa shape index (κ1) is 16.5. The zero-order chi connectivity index (χ0) is 16.8. The Morgan fingerprint density at radius 3 is 2.67 bits per heavy atom. The summed E-state index contributed by atoms with van der Waals surface area (Å²) in [7, 11) is 2.06. The lowest BCUT2D eigenvalue weighted by molar-refractivity contribution is -0.120. The molecule has 1 fully saturated rings. The number of benzene rings is 2. The minimum atomic E-state index is 0.0613. The average Bonchev–Trinajstić information content (AvgIpc) is 2.63. The molecule has 1 heterocycles. The first-order chi connectivity index (χ1) is 11.7. The molecule has 0 radical (unpaired) electrons. The zero-order valence-corrected chi connectivity index (χ0v) is 14.2. The van der Waals surface area contributed by atoms with Gasteiger partial charge in [0.05, 0.1) is 17.3 Å². The quantitative estimate of drug-likeness (QED) is 0.888. The number of anilines is 2. The van der Waals surface area contributed by atoms with Crippen LogP contribution in [0.4, 0.5) is 11.4 Å². The van der Waals surface area contributed by atoms with E-state index in [0.717, 1.165) is 43.9 Å². The lowest BCUT2D eigenvalue weighted by atomic mass is 9.98. The molecule has 0 aliphatic carbocycles. The van der Waals surface area contributed by atoms with Crippen LogP contribution >= 0.6 is 0 Å². The van der Waals surface area contributed by atoms with Crippen LogP contribution in [-0.4, -0.2) is 26.0 Å². The minimum Gasteiger partial charge on any atom is -0.369 e. The Morgan fingerprint density at radius 1 is 1.17 bits per heavy atom. The summed E-state index contributed by atoms with van der Waals surface area (Å²) in [6.45, 7) is 2.59. The first-order valence-corrected chi connectivity index (χ1v) is 8.60. The molecular formula is C20H25N3O. The van der Waals surface area contributed by atoms with Crippen LogP contribution in [0.1, 0.15) is 18.4 Å².